The van der Waals surface area contributed by atoms with E-state index in [0.717, 1.165) is 30.8 Å². The van der Waals surface area contributed by atoms with Crippen molar-refractivity contribution in [2.24, 2.45) is 23.7 Å². The number of aliphatic hydroxyl groups excluding tert-OH is 2. The molecule has 1 rings (SSSR count). The molecule has 6 heteroatoms. The van der Waals surface area contributed by atoms with Crippen LogP contribution in [-0.2, 0) is 9.53 Å². The molecule has 0 saturated carbocycles. The van der Waals surface area contributed by atoms with Crippen LogP contribution in [0, 0.1) is 23.7 Å². The van der Waals surface area contributed by atoms with Crippen LogP contribution in [0.3, 0.4) is 0 Å². The fraction of sp³-hybridized carbons (Fsp3) is 0.944. The average Bonchev–Trinajstić information content (AvgIpc) is 3.07. The predicted molar refractivity (Wildman–Crippen MR) is 103 cm³/mol. The number of aliphatic hydroxyl groups is 2. The largest absolute Gasteiger partial charge is 0.469 e. The van der Waals surface area contributed by atoms with Crippen LogP contribution in [0.5, 0.6) is 0 Å². The third-order valence-corrected chi connectivity index (χ3v) is 9.19. The van der Waals surface area contributed by atoms with E-state index < -0.39 is 12.0 Å². The number of hydrogen-bond acceptors (Lipinski definition) is 6. The molecule has 5 atom stereocenters. The number of rotatable bonds is 10. The van der Waals surface area contributed by atoms with Crippen LogP contribution in [0.2, 0.25) is 0 Å². The van der Waals surface area contributed by atoms with E-state index in [1.54, 1.807) is 6.92 Å². The van der Waals surface area contributed by atoms with Gasteiger partial charge in [0, 0.05) is 18.1 Å². The highest BCUT2D eigenvalue weighted by Gasteiger charge is 2.42. The van der Waals surface area contributed by atoms with Crippen LogP contribution in [0.1, 0.15) is 47.0 Å². The normalized spacial score (nSPS) is 23.3. The summed E-state index contributed by atoms with van der Waals surface area (Å²) in [5.74, 6) is 2.30. The maximum absolute atomic E-state index is 11.7. The van der Waals surface area contributed by atoms with Crippen LogP contribution in [0.4, 0.5) is 0 Å². The standard InChI is InChI=1S/C18H34O4S2/c1-12(11-19)6-7-18(23-8-9-24-18)14(3)10-13(2)16(20)15(4)17(21)22-5/h12-16,19-20H,6-11H2,1-5H3/t12-,13-,14-,15+,16-/m0/s1. The van der Waals surface area contributed by atoms with E-state index in [-0.39, 0.29) is 22.6 Å². The van der Waals surface area contributed by atoms with Gasteiger partial charge in [0.1, 0.15) is 0 Å². The quantitative estimate of drug-likeness (QED) is 0.568. The summed E-state index contributed by atoms with van der Waals surface area (Å²) in [7, 11) is 1.36. The number of carbonyl (C=O) groups excluding carboxylic acids is 1. The zero-order chi connectivity index (χ0) is 18.3. The number of hydrogen-bond donors (Lipinski definition) is 2. The molecule has 4 nitrogen and oxygen atoms in total. The molecule has 1 saturated heterocycles. The van der Waals surface area contributed by atoms with Crippen molar-refractivity contribution in [2.45, 2.75) is 57.1 Å². The Labute approximate surface area is 155 Å². The summed E-state index contributed by atoms with van der Waals surface area (Å²) < 4.78 is 4.93. The summed E-state index contributed by atoms with van der Waals surface area (Å²) in [6, 6.07) is 0. The number of esters is 1. The monoisotopic (exact) mass is 378 g/mol. The number of ether oxygens (including phenoxy) is 1. The van der Waals surface area contributed by atoms with Gasteiger partial charge < -0.3 is 14.9 Å². The minimum atomic E-state index is -0.676. The smallest absolute Gasteiger partial charge is 0.311 e. The third-order valence-electron chi connectivity index (χ3n) is 5.22. The molecule has 0 bridgehead atoms. The predicted octanol–water partition coefficient (Wildman–Crippen LogP) is 3.40. The molecule has 0 unspecified atom stereocenters. The Morgan fingerprint density at radius 1 is 1.21 bits per heavy atom. The minimum absolute atomic E-state index is 0.0445. The molecule has 0 aromatic carbocycles. The lowest BCUT2D eigenvalue weighted by Crippen LogP contribution is -2.36. The van der Waals surface area contributed by atoms with Crippen molar-refractivity contribution in [1.82, 2.24) is 0 Å². The van der Waals surface area contributed by atoms with Gasteiger partial charge in [0.25, 0.3) is 0 Å². The molecule has 0 aliphatic carbocycles. The minimum Gasteiger partial charge on any atom is -0.469 e. The van der Waals surface area contributed by atoms with E-state index in [4.69, 9.17) is 4.74 Å². The summed E-state index contributed by atoms with van der Waals surface area (Å²) in [6.07, 6.45) is 2.32. The summed E-state index contributed by atoms with van der Waals surface area (Å²) >= 11 is 4.06. The summed E-state index contributed by atoms with van der Waals surface area (Å²) in [4.78, 5) is 11.7. The molecule has 0 aromatic heterocycles. The molecule has 1 aliphatic heterocycles. The number of methoxy groups -OCH3 is 1. The zero-order valence-electron chi connectivity index (χ0n) is 15.7. The number of thioether (sulfide) groups is 2. The van der Waals surface area contributed by atoms with Crippen molar-refractivity contribution in [2.75, 3.05) is 25.2 Å². The molecular formula is C18H34O4S2. The van der Waals surface area contributed by atoms with Crippen LogP contribution >= 0.6 is 23.5 Å². The first kappa shape index (κ1) is 22.1. The van der Waals surface area contributed by atoms with Crippen molar-refractivity contribution in [3.63, 3.8) is 0 Å². The van der Waals surface area contributed by atoms with Crippen molar-refractivity contribution in [1.29, 1.82) is 0 Å². The highest BCUT2D eigenvalue weighted by Crippen LogP contribution is 2.54. The first-order valence-electron chi connectivity index (χ1n) is 8.92. The second-order valence-corrected chi connectivity index (χ2v) is 10.4. The van der Waals surface area contributed by atoms with E-state index in [9.17, 15) is 15.0 Å². The van der Waals surface area contributed by atoms with E-state index in [2.05, 4.69) is 13.8 Å². The van der Waals surface area contributed by atoms with Gasteiger partial charge in [-0.1, -0.05) is 20.8 Å². The van der Waals surface area contributed by atoms with Crippen molar-refractivity contribution >= 4 is 29.5 Å². The lowest BCUT2D eigenvalue weighted by atomic mass is 9.84. The second-order valence-electron chi connectivity index (χ2n) is 7.25. The Balaban J connectivity index is 2.67. The third kappa shape index (κ3) is 5.82. The van der Waals surface area contributed by atoms with Gasteiger partial charge in [0.15, 0.2) is 0 Å². The highest BCUT2D eigenvalue weighted by molar-refractivity contribution is 8.21. The van der Waals surface area contributed by atoms with Crippen molar-refractivity contribution < 1.29 is 19.7 Å². The van der Waals surface area contributed by atoms with Crippen LogP contribution in [-0.4, -0.2) is 51.6 Å². The van der Waals surface area contributed by atoms with E-state index in [1.165, 1.54) is 7.11 Å². The Morgan fingerprint density at radius 3 is 2.29 bits per heavy atom. The fourth-order valence-corrected chi connectivity index (χ4v) is 6.86. The van der Waals surface area contributed by atoms with Gasteiger partial charge in [-0.2, -0.15) is 0 Å². The Kier molecular flexibility index (Phi) is 9.49. The molecule has 1 aliphatic rings. The molecule has 0 amide bonds. The Bertz CT molecular complexity index is 385. The van der Waals surface area contributed by atoms with Crippen LogP contribution in [0.25, 0.3) is 0 Å². The lowest BCUT2D eigenvalue weighted by molar-refractivity contribution is -0.150. The van der Waals surface area contributed by atoms with E-state index in [1.807, 2.05) is 30.4 Å². The molecule has 0 aromatic rings. The van der Waals surface area contributed by atoms with Gasteiger partial charge in [-0.3, -0.25) is 4.79 Å². The first-order valence-corrected chi connectivity index (χ1v) is 10.9. The Hall–Kier alpha value is 0.0900. The van der Waals surface area contributed by atoms with Gasteiger partial charge in [-0.05, 0) is 43.9 Å². The topological polar surface area (TPSA) is 66.8 Å². The molecule has 142 valence electrons. The maximum Gasteiger partial charge on any atom is 0.311 e. The van der Waals surface area contributed by atoms with Crippen molar-refractivity contribution in [3.05, 3.63) is 0 Å². The average molecular weight is 379 g/mol. The van der Waals surface area contributed by atoms with Gasteiger partial charge in [0.05, 0.1) is 23.2 Å². The maximum atomic E-state index is 11.7. The molecule has 1 heterocycles. The van der Waals surface area contributed by atoms with Gasteiger partial charge in [-0.25, -0.2) is 0 Å². The number of carbonyl (C=O) groups is 1. The summed E-state index contributed by atoms with van der Waals surface area (Å²) in [5, 5.41) is 19.8. The Morgan fingerprint density at radius 2 is 1.79 bits per heavy atom. The van der Waals surface area contributed by atoms with Crippen molar-refractivity contribution in [3.8, 4) is 0 Å². The molecule has 1 fully saturated rings. The molecule has 0 spiro atoms. The van der Waals surface area contributed by atoms with Crippen LogP contribution in [0.15, 0.2) is 0 Å². The van der Waals surface area contributed by atoms with E-state index >= 15 is 0 Å². The first-order chi connectivity index (χ1) is 11.3. The van der Waals surface area contributed by atoms with Gasteiger partial charge >= 0.3 is 5.97 Å². The second kappa shape index (κ2) is 10.3. The SMILES string of the molecule is COC(=O)[C@H](C)[C@@H](O)[C@@H](C)C[C@H](C)C1(CC[C@H](C)CO)SCCS1. The molecule has 24 heavy (non-hydrogen) atoms. The van der Waals surface area contributed by atoms with E-state index in [0.29, 0.717) is 11.8 Å². The molecule has 2 N–H and O–H groups in total. The zero-order valence-corrected chi connectivity index (χ0v) is 17.3. The van der Waals surface area contributed by atoms with Crippen LogP contribution < -0.4 is 0 Å². The summed E-state index contributed by atoms with van der Waals surface area (Å²) in [5.41, 5.74) is 0. The molecular weight excluding hydrogens is 344 g/mol. The highest BCUT2D eigenvalue weighted by atomic mass is 32.2. The van der Waals surface area contributed by atoms with Gasteiger partial charge in [0.2, 0.25) is 0 Å². The van der Waals surface area contributed by atoms with Gasteiger partial charge in [-0.15, -0.1) is 23.5 Å². The summed E-state index contributed by atoms with van der Waals surface area (Å²) in [6.45, 7) is 8.35. The fourth-order valence-electron chi connectivity index (χ4n) is 3.38. The molecule has 0 radical (unpaired) electrons. The lowest BCUT2D eigenvalue weighted by Gasteiger charge is -2.37.